The molecule has 0 amide bonds. The molecule has 0 fully saturated rings. The van der Waals surface area contributed by atoms with Gasteiger partial charge in [-0.25, -0.2) is 0 Å². The molecule has 0 radical (unpaired) electrons. The van der Waals surface area contributed by atoms with Crippen LogP contribution in [-0.2, 0) is 0 Å². The van der Waals surface area contributed by atoms with Gasteiger partial charge in [-0.15, -0.1) is 6.58 Å². The molecule has 90 valence electrons. The Labute approximate surface area is 108 Å². The molecule has 2 aromatic carbocycles. The van der Waals surface area contributed by atoms with Crippen molar-refractivity contribution in [3.05, 3.63) is 78.9 Å². The maximum Gasteiger partial charge on any atom is 0.133 e. The van der Waals surface area contributed by atoms with Crippen molar-refractivity contribution in [1.29, 1.82) is 0 Å². The van der Waals surface area contributed by atoms with Gasteiger partial charge in [0.25, 0.3) is 0 Å². The zero-order valence-electron chi connectivity index (χ0n) is 10.2. The van der Waals surface area contributed by atoms with Crippen LogP contribution in [0.4, 0.5) is 5.69 Å². The first-order valence-electron chi connectivity index (χ1n) is 5.93. The summed E-state index contributed by atoms with van der Waals surface area (Å²) in [6.07, 6.45) is 1.79. The van der Waals surface area contributed by atoms with Crippen molar-refractivity contribution in [2.24, 2.45) is 4.99 Å². The van der Waals surface area contributed by atoms with E-state index in [1.54, 1.807) is 6.08 Å². The van der Waals surface area contributed by atoms with Gasteiger partial charge in [-0.2, -0.15) is 0 Å². The van der Waals surface area contributed by atoms with Crippen LogP contribution < -0.4 is 5.32 Å². The van der Waals surface area contributed by atoms with Gasteiger partial charge in [0, 0.05) is 11.3 Å². The zero-order chi connectivity index (χ0) is 12.6. The Balaban J connectivity index is 2.24. The van der Waals surface area contributed by atoms with Crippen molar-refractivity contribution in [3.63, 3.8) is 0 Å². The van der Waals surface area contributed by atoms with Crippen LogP contribution in [-0.4, -0.2) is 12.4 Å². The molecule has 0 unspecified atom stereocenters. The molecule has 0 saturated heterocycles. The molecule has 0 heterocycles. The Bertz CT molecular complexity index is 515. The summed E-state index contributed by atoms with van der Waals surface area (Å²) in [6, 6.07) is 20.1. The average molecular weight is 236 g/mol. The Kier molecular flexibility index (Phi) is 4.31. The molecule has 0 spiro atoms. The fourth-order valence-electron chi connectivity index (χ4n) is 1.61. The number of aliphatic imine (C=N–C) groups is 1. The minimum absolute atomic E-state index is 0.601. The van der Waals surface area contributed by atoms with Crippen LogP contribution in [0.5, 0.6) is 0 Å². The Morgan fingerprint density at radius 3 is 2.22 bits per heavy atom. The van der Waals surface area contributed by atoms with Gasteiger partial charge >= 0.3 is 0 Å². The molecule has 2 heteroatoms. The Morgan fingerprint density at radius 2 is 1.61 bits per heavy atom. The van der Waals surface area contributed by atoms with Gasteiger partial charge in [0.2, 0.25) is 0 Å². The number of rotatable bonds is 4. The van der Waals surface area contributed by atoms with E-state index < -0.39 is 0 Å². The number of anilines is 1. The maximum absolute atomic E-state index is 4.50. The first kappa shape index (κ1) is 12.1. The number of nitrogens with zero attached hydrogens (tertiary/aromatic N) is 1. The lowest BCUT2D eigenvalue weighted by molar-refractivity contribution is 1.24. The first-order chi connectivity index (χ1) is 8.90. The predicted molar refractivity (Wildman–Crippen MR) is 78.1 cm³/mol. The van der Waals surface area contributed by atoms with E-state index in [0.717, 1.165) is 17.1 Å². The number of amidine groups is 1. The Morgan fingerprint density at radius 1 is 1.00 bits per heavy atom. The van der Waals surface area contributed by atoms with Crippen molar-refractivity contribution in [3.8, 4) is 0 Å². The maximum atomic E-state index is 4.50. The van der Waals surface area contributed by atoms with Gasteiger partial charge in [0.15, 0.2) is 0 Å². The van der Waals surface area contributed by atoms with Gasteiger partial charge in [0.1, 0.15) is 5.84 Å². The lowest BCUT2D eigenvalue weighted by Gasteiger charge is -2.10. The summed E-state index contributed by atoms with van der Waals surface area (Å²) in [5.74, 6) is 0.863. The van der Waals surface area contributed by atoms with Crippen LogP contribution in [0.2, 0.25) is 0 Å². The van der Waals surface area contributed by atoms with E-state index in [-0.39, 0.29) is 0 Å². The topological polar surface area (TPSA) is 24.4 Å². The molecule has 2 rings (SSSR count). The predicted octanol–water partition coefficient (Wildman–Crippen LogP) is 3.73. The van der Waals surface area contributed by atoms with Crippen LogP contribution in [0, 0.1) is 0 Å². The largest absolute Gasteiger partial charge is 0.340 e. The number of hydrogen-bond acceptors (Lipinski definition) is 1. The standard InChI is InChI=1S/C16H16N2/c1-2-13-17-16(14-9-5-3-6-10-14)18-15-11-7-4-8-12-15/h2-12H,1,13H2,(H,17,18). The molecule has 18 heavy (non-hydrogen) atoms. The lowest BCUT2D eigenvalue weighted by Crippen LogP contribution is -2.14. The molecule has 0 saturated carbocycles. The highest BCUT2D eigenvalue weighted by Crippen LogP contribution is 2.09. The van der Waals surface area contributed by atoms with E-state index in [1.807, 2.05) is 60.7 Å². The van der Waals surface area contributed by atoms with E-state index in [2.05, 4.69) is 16.9 Å². The van der Waals surface area contributed by atoms with Crippen LogP contribution in [0.1, 0.15) is 5.56 Å². The van der Waals surface area contributed by atoms with Gasteiger partial charge in [-0.1, -0.05) is 54.6 Å². The SMILES string of the molecule is C=CCN=C(Nc1ccccc1)c1ccccc1. The Hall–Kier alpha value is -2.35. The van der Waals surface area contributed by atoms with Crippen LogP contribution >= 0.6 is 0 Å². The lowest BCUT2D eigenvalue weighted by atomic mass is 10.2. The second-order valence-corrected chi connectivity index (χ2v) is 3.84. The van der Waals surface area contributed by atoms with Crippen molar-refractivity contribution in [2.75, 3.05) is 11.9 Å². The van der Waals surface area contributed by atoms with E-state index in [1.165, 1.54) is 0 Å². The van der Waals surface area contributed by atoms with Gasteiger partial charge in [-0.3, -0.25) is 4.99 Å². The van der Waals surface area contributed by atoms with E-state index in [4.69, 9.17) is 0 Å². The zero-order valence-corrected chi connectivity index (χ0v) is 10.2. The molecule has 1 N–H and O–H groups in total. The minimum atomic E-state index is 0.601. The molecule has 0 bridgehead atoms. The van der Waals surface area contributed by atoms with E-state index >= 15 is 0 Å². The smallest absolute Gasteiger partial charge is 0.133 e. The molecule has 0 aliphatic rings. The number of hydrogen-bond donors (Lipinski definition) is 1. The first-order valence-corrected chi connectivity index (χ1v) is 5.93. The summed E-state index contributed by atoms with van der Waals surface area (Å²) in [4.78, 5) is 4.50. The van der Waals surface area contributed by atoms with Crippen LogP contribution in [0.25, 0.3) is 0 Å². The highest BCUT2D eigenvalue weighted by molar-refractivity contribution is 6.08. The second-order valence-electron chi connectivity index (χ2n) is 3.84. The summed E-state index contributed by atoms with van der Waals surface area (Å²) in [5.41, 5.74) is 2.10. The third-order valence-electron chi connectivity index (χ3n) is 2.46. The van der Waals surface area contributed by atoms with Crippen molar-refractivity contribution < 1.29 is 0 Å². The van der Waals surface area contributed by atoms with Crippen molar-refractivity contribution >= 4 is 11.5 Å². The highest BCUT2D eigenvalue weighted by atomic mass is 15.0. The quantitative estimate of drug-likeness (QED) is 0.488. The third kappa shape index (κ3) is 3.32. The molecule has 0 aliphatic heterocycles. The number of benzene rings is 2. The van der Waals surface area contributed by atoms with Gasteiger partial charge in [0.05, 0.1) is 6.54 Å². The summed E-state index contributed by atoms with van der Waals surface area (Å²) in [5, 5.41) is 3.33. The summed E-state index contributed by atoms with van der Waals surface area (Å²) in [7, 11) is 0. The van der Waals surface area contributed by atoms with E-state index in [9.17, 15) is 0 Å². The van der Waals surface area contributed by atoms with Crippen LogP contribution in [0.3, 0.4) is 0 Å². The minimum Gasteiger partial charge on any atom is -0.340 e. The molecular weight excluding hydrogens is 220 g/mol. The van der Waals surface area contributed by atoms with Gasteiger partial charge < -0.3 is 5.32 Å². The highest BCUT2D eigenvalue weighted by Gasteiger charge is 2.02. The fraction of sp³-hybridized carbons (Fsp3) is 0.0625. The van der Waals surface area contributed by atoms with Crippen molar-refractivity contribution in [1.82, 2.24) is 0 Å². The summed E-state index contributed by atoms with van der Waals surface area (Å²) in [6.45, 7) is 4.30. The van der Waals surface area contributed by atoms with E-state index in [0.29, 0.717) is 6.54 Å². The third-order valence-corrected chi connectivity index (χ3v) is 2.46. The molecular formula is C16H16N2. The fourth-order valence-corrected chi connectivity index (χ4v) is 1.61. The normalized spacial score (nSPS) is 11.0. The summed E-state index contributed by atoms with van der Waals surface area (Å²) >= 11 is 0. The monoisotopic (exact) mass is 236 g/mol. The molecule has 0 aliphatic carbocycles. The molecule has 2 aromatic rings. The molecule has 2 nitrogen and oxygen atoms in total. The van der Waals surface area contributed by atoms with Gasteiger partial charge in [-0.05, 0) is 12.1 Å². The number of nitrogens with one attached hydrogen (secondary N) is 1. The summed E-state index contributed by atoms with van der Waals surface area (Å²) < 4.78 is 0. The molecule has 0 atom stereocenters. The van der Waals surface area contributed by atoms with Crippen molar-refractivity contribution in [2.45, 2.75) is 0 Å². The van der Waals surface area contributed by atoms with Crippen LogP contribution in [0.15, 0.2) is 78.3 Å². The average Bonchev–Trinajstić information content (AvgIpc) is 2.45. The second kappa shape index (κ2) is 6.40. The number of para-hydroxylation sites is 1. The molecule has 0 aromatic heterocycles.